The van der Waals surface area contributed by atoms with Crippen LogP contribution in [0.2, 0.25) is 0 Å². The van der Waals surface area contributed by atoms with Crippen LogP contribution in [0, 0.1) is 6.92 Å². The third kappa shape index (κ3) is 5.55. The molecule has 3 rings (SSSR count). The number of halogens is 3. The Morgan fingerprint density at radius 1 is 1.12 bits per heavy atom. The normalized spacial score (nSPS) is 11.4. The summed E-state index contributed by atoms with van der Waals surface area (Å²) in [7, 11) is 1.43. The van der Waals surface area contributed by atoms with Crippen molar-refractivity contribution in [1.29, 1.82) is 0 Å². The van der Waals surface area contributed by atoms with Gasteiger partial charge in [0.2, 0.25) is 5.69 Å². The van der Waals surface area contributed by atoms with Gasteiger partial charge in [-0.05, 0) is 36.8 Å². The van der Waals surface area contributed by atoms with Crippen LogP contribution in [0.25, 0.3) is 5.69 Å². The number of carbonyl (C=O) groups is 1. The molecule has 0 saturated carbocycles. The van der Waals surface area contributed by atoms with Crippen LogP contribution >= 0.6 is 0 Å². The number of ether oxygens (including phenoxy) is 1. The summed E-state index contributed by atoms with van der Waals surface area (Å²) in [6, 6.07) is 10.9. The third-order valence-electron chi connectivity index (χ3n) is 4.74. The SMILES string of the molecule is COCCNC(=O)c1nn(-c2ccc(C)cc2)c(=O)n(Cc2cccc(C(F)(F)F)c2)c1=O. The van der Waals surface area contributed by atoms with Gasteiger partial charge in [0, 0.05) is 13.7 Å². The molecular formula is C22H21F3N4O4. The maximum absolute atomic E-state index is 13.1. The van der Waals surface area contributed by atoms with Gasteiger partial charge >= 0.3 is 11.9 Å². The highest BCUT2D eigenvalue weighted by Crippen LogP contribution is 2.29. The summed E-state index contributed by atoms with van der Waals surface area (Å²) in [5.74, 6) is -0.837. The molecule has 1 N–H and O–H groups in total. The van der Waals surface area contributed by atoms with Crippen LogP contribution < -0.4 is 16.6 Å². The zero-order valence-electron chi connectivity index (χ0n) is 17.8. The van der Waals surface area contributed by atoms with Crippen molar-refractivity contribution in [2.75, 3.05) is 20.3 Å². The first-order valence-corrected chi connectivity index (χ1v) is 9.86. The van der Waals surface area contributed by atoms with E-state index in [0.717, 1.165) is 22.4 Å². The standard InChI is InChI=1S/C22H21F3N4O4/c1-14-6-8-17(9-7-14)29-21(32)28(13-15-4-3-5-16(12-15)22(23,24)25)20(31)18(27-29)19(30)26-10-11-33-2/h3-9,12H,10-11,13H2,1-2H3,(H,26,30). The van der Waals surface area contributed by atoms with Crippen molar-refractivity contribution in [1.82, 2.24) is 19.7 Å². The molecule has 0 aliphatic rings. The number of rotatable bonds is 7. The summed E-state index contributed by atoms with van der Waals surface area (Å²) in [5.41, 5.74) is -2.14. The Labute approximate surface area is 186 Å². The van der Waals surface area contributed by atoms with Crippen molar-refractivity contribution in [2.45, 2.75) is 19.6 Å². The number of alkyl halides is 3. The molecule has 11 heteroatoms. The number of carbonyl (C=O) groups excluding carboxylic acids is 1. The average molecular weight is 462 g/mol. The molecule has 0 saturated heterocycles. The lowest BCUT2D eigenvalue weighted by molar-refractivity contribution is -0.137. The number of aryl methyl sites for hydroxylation is 1. The van der Waals surface area contributed by atoms with Crippen LogP contribution in [-0.2, 0) is 17.5 Å². The van der Waals surface area contributed by atoms with Crippen molar-refractivity contribution in [3.05, 3.63) is 91.8 Å². The number of amides is 1. The molecule has 1 amide bonds. The van der Waals surface area contributed by atoms with Crippen LogP contribution in [0.5, 0.6) is 0 Å². The zero-order valence-corrected chi connectivity index (χ0v) is 17.8. The quantitative estimate of drug-likeness (QED) is 0.543. The van der Waals surface area contributed by atoms with Crippen molar-refractivity contribution < 1.29 is 22.7 Å². The Hall–Kier alpha value is -3.73. The topological polar surface area (TPSA) is 95.2 Å². The van der Waals surface area contributed by atoms with Crippen LogP contribution in [-0.4, -0.2) is 40.5 Å². The van der Waals surface area contributed by atoms with Gasteiger partial charge in [-0.1, -0.05) is 29.8 Å². The average Bonchev–Trinajstić information content (AvgIpc) is 2.77. The predicted molar refractivity (Wildman–Crippen MR) is 114 cm³/mol. The fourth-order valence-corrected chi connectivity index (χ4v) is 3.03. The lowest BCUT2D eigenvalue weighted by atomic mass is 10.1. The van der Waals surface area contributed by atoms with E-state index in [2.05, 4.69) is 10.4 Å². The van der Waals surface area contributed by atoms with Crippen molar-refractivity contribution in [3.8, 4) is 5.69 Å². The summed E-state index contributed by atoms with van der Waals surface area (Å²) in [5, 5.41) is 6.41. The first-order chi connectivity index (χ1) is 15.6. The highest BCUT2D eigenvalue weighted by atomic mass is 19.4. The molecule has 0 spiro atoms. The van der Waals surface area contributed by atoms with Crippen molar-refractivity contribution >= 4 is 5.91 Å². The van der Waals surface area contributed by atoms with Crippen LogP contribution in [0.1, 0.15) is 27.2 Å². The monoisotopic (exact) mass is 462 g/mol. The lowest BCUT2D eigenvalue weighted by Gasteiger charge is -2.13. The molecule has 1 aromatic heterocycles. The molecule has 0 atom stereocenters. The summed E-state index contributed by atoms with van der Waals surface area (Å²) < 4.78 is 45.7. The molecule has 0 radical (unpaired) electrons. The largest absolute Gasteiger partial charge is 0.416 e. The number of nitrogens with zero attached hydrogens (tertiary/aromatic N) is 3. The Morgan fingerprint density at radius 3 is 2.45 bits per heavy atom. The third-order valence-corrected chi connectivity index (χ3v) is 4.74. The van der Waals surface area contributed by atoms with Gasteiger partial charge in [0.05, 0.1) is 24.4 Å². The Bertz CT molecular complexity index is 1260. The molecule has 3 aromatic rings. The van der Waals surface area contributed by atoms with Gasteiger partial charge in [0.1, 0.15) is 0 Å². The fraction of sp³-hybridized carbons (Fsp3) is 0.273. The van der Waals surface area contributed by atoms with E-state index in [-0.39, 0.29) is 24.4 Å². The number of hydrogen-bond acceptors (Lipinski definition) is 5. The van der Waals surface area contributed by atoms with Crippen LogP contribution in [0.4, 0.5) is 13.2 Å². The van der Waals surface area contributed by atoms with Crippen molar-refractivity contribution in [3.63, 3.8) is 0 Å². The van der Waals surface area contributed by atoms with E-state index in [1.807, 2.05) is 6.92 Å². The molecule has 0 fully saturated rings. The predicted octanol–water partition coefficient (Wildman–Crippen LogP) is 2.15. The van der Waals surface area contributed by atoms with Gasteiger partial charge in [-0.3, -0.25) is 14.2 Å². The second-order valence-electron chi connectivity index (χ2n) is 7.22. The molecule has 8 nitrogen and oxygen atoms in total. The van der Waals surface area contributed by atoms with Gasteiger partial charge in [0.25, 0.3) is 11.5 Å². The maximum Gasteiger partial charge on any atom is 0.416 e. The number of aromatic nitrogens is 3. The van der Waals surface area contributed by atoms with E-state index in [4.69, 9.17) is 4.74 Å². The summed E-state index contributed by atoms with van der Waals surface area (Å²) >= 11 is 0. The van der Waals surface area contributed by atoms with E-state index >= 15 is 0 Å². The Morgan fingerprint density at radius 2 is 1.82 bits per heavy atom. The van der Waals surface area contributed by atoms with Crippen LogP contribution in [0.3, 0.4) is 0 Å². The zero-order chi connectivity index (χ0) is 24.2. The van der Waals surface area contributed by atoms with Gasteiger partial charge < -0.3 is 10.1 Å². The summed E-state index contributed by atoms with van der Waals surface area (Å²) in [6.07, 6.45) is -4.59. The summed E-state index contributed by atoms with van der Waals surface area (Å²) in [6.45, 7) is 1.63. The number of hydrogen-bond donors (Lipinski definition) is 1. The Balaban J connectivity index is 2.14. The van der Waals surface area contributed by atoms with E-state index in [1.54, 1.807) is 24.3 Å². The molecule has 0 unspecified atom stereocenters. The highest BCUT2D eigenvalue weighted by molar-refractivity contribution is 5.91. The minimum atomic E-state index is -4.59. The van der Waals surface area contributed by atoms with E-state index in [9.17, 15) is 27.6 Å². The van der Waals surface area contributed by atoms with E-state index in [0.29, 0.717) is 4.57 Å². The van der Waals surface area contributed by atoms with Gasteiger partial charge in [0.15, 0.2) is 0 Å². The van der Waals surface area contributed by atoms with Crippen LogP contribution in [0.15, 0.2) is 58.1 Å². The summed E-state index contributed by atoms with van der Waals surface area (Å²) in [4.78, 5) is 38.6. The molecular weight excluding hydrogens is 441 g/mol. The van der Waals surface area contributed by atoms with Gasteiger partial charge in [-0.25, -0.2) is 4.79 Å². The Kier molecular flexibility index (Phi) is 7.12. The minimum Gasteiger partial charge on any atom is -0.383 e. The minimum absolute atomic E-state index is 0.0661. The first kappa shape index (κ1) is 23.9. The molecule has 174 valence electrons. The smallest absolute Gasteiger partial charge is 0.383 e. The molecule has 2 aromatic carbocycles. The lowest BCUT2D eigenvalue weighted by Crippen LogP contribution is -2.46. The van der Waals surface area contributed by atoms with Gasteiger partial charge in [-0.2, -0.15) is 23.0 Å². The molecule has 0 aliphatic carbocycles. The van der Waals surface area contributed by atoms with Gasteiger partial charge in [-0.15, -0.1) is 0 Å². The van der Waals surface area contributed by atoms with E-state index in [1.165, 1.54) is 19.2 Å². The first-order valence-electron chi connectivity index (χ1n) is 9.86. The molecule has 0 bridgehead atoms. The second-order valence-corrected chi connectivity index (χ2v) is 7.22. The molecule has 0 aliphatic heterocycles. The second kappa shape index (κ2) is 9.82. The maximum atomic E-state index is 13.1. The highest BCUT2D eigenvalue weighted by Gasteiger charge is 2.30. The van der Waals surface area contributed by atoms with Crippen molar-refractivity contribution in [2.24, 2.45) is 0 Å². The number of methoxy groups -OCH3 is 1. The molecule has 33 heavy (non-hydrogen) atoms. The molecule has 1 heterocycles. The number of nitrogens with one attached hydrogen (secondary N) is 1. The number of benzene rings is 2. The van der Waals surface area contributed by atoms with E-state index < -0.39 is 41.1 Å². The fourth-order valence-electron chi connectivity index (χ4n) is 3.03.